The summed E-state index contributed by atoms with van der Waals surface area (Å²) in [5.74, 6) is -0.308. The van der Waals surface area contributed by atoms with Gasteiger partial charge in [0, 0.05) is 11.1 Å². The Morgan fingerprint density at radius 2 is 1.48 bits per heavy atom. The minimum atomic E-state index is -0.478. The van der Waals surface area contributed by atoms with Crippen LogP contribution in [0.1, 0.15) is 45.5 Å². The summed E-state index contributed by atoms with van der Waals surface area (Å²) < 4.78 is 5.60. The van der Waals surface area contributed by atoms with Crippen molar-refractivity contribution < 1.29 is 14.3 Å². The predicted octanol–water partition coefficient (Wildman–Crippen LogP) is 5.24. The van der Waals surface area contributed by atoms with Gasteiger partial charge >= 0.3 is 5.97 Å². The van der Waals surface area contributed by atoms with Crippen molar-refractivity contribution in [1.82, 2.24) is 0 Å². The van der Waals surface area contributed by atoms with Crippen molar-refractivity contribution in [3.05, 3.63) is 101 Å². The molecule has 0 saturated heterocycles. The van der Waals surface area contributed by atoms with Gasteiger partial charge in [-0.1, -0.05) is 60.7 Å². The second kappa shape index (κ2) is 8.00. The van der Waals surface area contributed by atoms with Crippen LogP contribution in [0.4, 0.5) is 0 Å². The fourth-order valence-corrected chi connectivity index (χ4v) is 2.87. The van der Waals surface area contributed by atoms with Crippen LogP contribution in [0.3, 0.4) is 0 Å². The SMILES string of the molecule is Cc1cccc(OC(=O)[C@@H](C)c2cccc(C(=O)c3ccccc3)c2)c1C. The zero-order valence-electron chi connectivity index (χ0n) is 15.7. The van der Waals surface area contributed by atoms with Crippen LogP contribution in [-0.4, -0.2) is 11.8 Å². The molecule has 0 fully saturated rings. The molecule has 0 unspecified atom stereocenters. The molecule has 3 heteroatoms. The maximum Gasteiger partial charge on any atom is 0.318 e. The number of ether oxygens (including phenoxy) is 1. The fraction of sp³-hybridized carbons (Fsp3) is 0.167. The van der Waals surface area contributed by atoms with Crippen LogP contribution >= 0.6 is 0 Å². The quantitative estimate of drug-likeness (QED) is 0.356. The third-order valence-electron chi connectivity index (χ3n) is 4.80. The lowest BCUT2D eigenvalue weighted by Gasteiger charge is -2.14. The number of carbonyl (C=O) groups is 2. The lowest BCUT2D eigenvalue weighted by atomic mass is 9.96. The van der Waals surface area contributed by atoms with Gasteiger partial charge in [-0.25, -0.2) is 0 Å². The zero-order valence-corrected chi connectivity index (χ0v) is 15.7. The molecular weight excluding hydrogens is 336 g/mol. The van der Waals surface area contributed by atoms with E-state index < -0.39 is 5.92 Å². The normalized spacial score (nSPS) is 11.7. The highest BCUT2D eigenvalue weighted by Gasteiger charge is 2.20. The number of rotatable bonds is 5. The van der Waals surface area contributed by atoms with Crippen LogP contribution < -0.4 is 4.74 Å². The van der Waals surface area contributed by atoms with E-state index in [4.69, 9.17) is 4.74 Å². The molecule has 0 amide bonds. The molecule has 0 spiro atoms. The molecule has 0 radical (unpaired) electrons. The topological polar surface area (TPSA) is 43.4 Å². The number of esters is 1. The maximum atomic E-state index is 12.6. The second-order valence-corrected chi connectivity index (χ2v) is 6.66. The Morgan fingerprint density at radius 1 is 0.815 bits per heavy atom. The minimum Gasteiger partial charge on any atom is -0.426 e. The summed E-state index contributed by atoms with van der Waals surface area (Å²) >= 11 is 0. The molecule has 1 atom stereocenters. The van der Waals surface area contributed by atoms with E-state index >= 15 is 0 Å². The van der Waals surface area contributed by atoms with Gasteiger partial charge in [-0.3, -0.25) is 9.59 Å². The third kappa shape index (κ3) is 4.14. The van der Waals surface area contributed by atoms with Crippen LogP contribution in [0, 0.1) is 13.8 Å². The van der Waals surface area contributed by atoms with Crippen molar-refractivity contribution >= 4 is 11.8 Å². The maximum absolute atomic E-state index is 12.6. The summed E-state index contributed by atoms with van der Waals surface area (Å²) in [6.07, 6.45) is 0. The molecular formula is C24H22O3. The summed E-state index contributed by atoms with van der Waals surface area (Å²) in [7, 11) is 0. The first kappa shape index (κ1) is 18.6. The summed E-state index contributed by atoms with van der Waals surface area (Å²) in [6, 6.07) is 21.9. The molecule has 0 saturated carbocycles. The fourth-order valence-electron chi connectivity index (χ4n) is 2.87. The van der Waals surface area contributed by atoms with Gasteiger partial charge < -0.3 is 4.74 Å². The average molecular weight is 358 g/mol. The highest BCUT2D eigenvalue weighted by Crippen LogP contribution is 2.25. The first-order chi connectivity index (χ1) is 13.0. The predicted molar refractivity (Wildman–Crippen MR) is 106 cm³/mol. The van der Waals surface area contributed by atoms with E-state index in [1.54, 1.807) is 43.3 Å². The van der Waals surface area contributed by atoms with Crippen molar-refractivity contribution in [1.29, 1.82) is 0 Å². The molecule has 3 aromatic rings. The second-order valence-electron chi connectivity index (χ2n) is 6.66. The molecule has 0 aromatic heterocycles. The lowest BCUT2D eigenvalue weighted by Crippen LogP contribution is -2.17. The van der Waals surface area contributed by atoms with Crippen molar-refractivity contribution in [3.63, 3.8) is 0 Å². The Labute approximate surface area is 159 Å². The number of benzene rings is 3. The van der Waals surface area contributed by atoms with Gasteiger partial charge in [0.05, 0.1) is 5.92 Å². The van der Waals surface area contributed by atoms with Crippen LogP contribution in [0.15, 0.2) is 72.8 Å². The van der Waals surface area contributed by atoms with E-state index in [1.165, 1.54) is 0 Å². The van der Waals surface area contributed by atoms with Crippen LogP contribution in [0.25, 0.3) is 0 Å². The van der Waals surface area contributed by atoms with E-state index in [2.05, 4.69) is 0 Å². The van der Waals surface area contributed by atoms with Crippen molar-refractivity contribution in [2.75, 3.05) is 0 Å². The molecule has 0 aliphatic rings. The zero-order chi connectivity index (χ0) is 19.4. The van der Waals surface area contributed by atoms with Crippen molar-refractivity contribution in [2.24, 2.45) is 0 Å². The van der Waals surface area contributed by atoms with Gasteiger partial charge in [-0.2, -0.15) is 0 Å². The molecule has 3 aromatic carbocycles. The van der Waals surface area contributed by atoms with E-state index in [0.29, 0.717) is 16.9 Å². The van der Waals surface area contributed by atoms with Gasteiger partial charge in [0.2, 0.25) is 0 Å². The highest BCUT2D eigenvalue weighted by atomic mass is 16.5. The standard InChI is InChI=1S/C24H22O3/c1-16-9-7-14-22(17(16)2)27-24(26)18(3)20-12-8-13-21(15-20)23(25)19-10-5-4-6-11-19/h4-15,18H,1-3H3/t18-/m0/s1. The monoisotopic (exact) mass is 358 g/mol. The Morgan fingerprint density at radius 3 is 2.22 bits per heavy atom. The molecule has 27 heavy (non-hydrogen) atoms. The highest BCUT2D eigenvalue weighted by molar-refractivity contribution is 6.09. The molecule has 3 nitrogen and oxygen atoms in total. The number of hydrogen-bond acceptors (Lipinski definition) is 3. The van der Waals surface area contributed by atoms with E-state index in [0.717, 1.165) is 16.7 Å². The number of carbonyl (C=O) groups excluding carboxylic acids is 2. The van der Waals surface area contributed by atoms with Crippen molar-refractivity contribution in [2.45, 2.75) is 26.7 Å². The first-order valence-corrected chi connectivity index (χ1v) is 8.95. The summed E-state index contributed by atoms with van der Waals surface area (Å²) in [5, 5.41) is 0. The summed E-state index contributed by atoms with van der Waals surface area (Å²) in [6.45, 7) is 5.70. The van der Waals surface area contributed by atoms with Crippen LogP contribution in [0.2, 0.25) is 0 Å². The first-order valence-electron chi connectivity index (χ1n) is 8.95. The van der Waals surface area contributed by atoms with E-state index in [1.807, 2.05) is 50.2 Å². The Balaban J connectivity index is 1.81. The third-order valence-corrected chi connectivity index (χ3v) is 4.80. The lowest BCUT2D eigenvalue weighted by molar-refractivity contribution is -0.135. The number of ketones is 1. The Bertz CT molecular complexity index is 974. The molecule has 0 aliphatic heterocycles. The Hall–Kier alpha value is -3.20. The summed E-state index contributed by atoms with van der Waals surface area (Å²) in [5.41, 5.74) is 3.96. The van der Waals surface area contributed by atoms with E-state index in [-0.39, 0.29) is 11.8 Å². The van der Waals surface area contributed by atoms with Gasteiger partial charge in [0.25, 0.3) is 0 Å². The van der Waals surface area contributed by atoms with Crippen LogP contribution in [-0.2, 0) is 4.79 Å². The van der Waals surface area contributed by atoms with Gasteiger partial charge in [0.1, 0.15) is 5.75 Å². The van der Waals surface area contributed by atoms with E-state index in [9.17, 15) is 9.59 Å². The smallest absolute Gasteiger partial charge is 0.318 e. The summed E-state index contributed by atoms with van der Waals surface area (Å²) in [4.78, 5) is 25.3. The largest absolute Gasteiger partial charge is 0.426 e. The number of hydrogen-bond donors (Lipinski definition) is 0. The minimum absolute atomic E-state index is 0.0625. The molecule has 136 valence electrons. The molecule has 3 rings (SSSR count). The average Bonchev–Trinajstić information content (AvgIpc) is 2.71. The molecule has 0 bridgehead atoms. The molecule has 0 aliphatic carbocycles. The van der Waals surface area contributed by atoms with Crippen molar-refractivity contribution in [3.8, 4) is 5.75 Å². The number of aryl methyl sites for hydroxylation is 1. The van der Waals surface area contributed by atoms with Gasteiger partial charge in [-0.15, -0.1) is 0 Å². The van der Waals surface area contributed by atoms with Gasteiger partial charge in [0.15, 0.2) is 5.78 Å². The molecule has 0 N–H and O–H groups in total. The Kier molecular flexibility index (Phi) is 5.51. The van der Waals surface area contributed by atoms with Crippen LogP contribution in [0.5, 0.6) is 5.75 Å². The molecule has 0 heterocycles. The van der Waals surface area contributed by atoms with Gasteiger partial charge in [-0.05, 0) is 49.6 Å².